The Bertz CT molecular complexity index is 3770. The number of hydrogen-bond acceptors (Lipinski definition) is 4. The van der Waals surface area contributed by atoms with Crippen LogP contribution in [-0.2, 0) is 0 Å². The molecule has 0 bridgehead atoms. The average Bonchev–Trinajstić information content (AvgIpc) is 3.78. The Hall–Kier alpha value is -8.54. The van der Waals surface area contributed by atoms with E-state index in [1.807, 2.05) is 12.1 Å². The largest absolute Gasteiger partial charge is 0.192 e. The van der Waals surface area contributed by atoms with Gasteiger partial charge < -0.3 is 0 Å². The molecule has 2 aliphatic rings. The molecule has 0 saturated carbocycles. The average molecular weight is 729 g/mol. The predicted molar refractivity (Wildman–Crippen MR) is 233 cm³/mol. The van der Waals surface area contributed by atoms with Gasteiger partial charge in [-0.3, -0.25) is 0 Å². The van der Waals surface area contributed by atoms with Crippen molar-refractivity contribution in [3.63, 3.8) is 0 Å². The summed E-state index contributed by atoms with van der Waals surface area (Å²) in [5, 5.41) is 52.1. The highest BCUT2D eigenvalue weighted by atomic mass is 14.4. The third-order valence-electron chi connectivity index (χ3n) is 12.4. The summed E-state index contributed by atoms with van der Waals surface area (Å²) in [4.78, 5) is 0. The molecule has 10 aromatic rings. The first kappa shape index (κ1) is 31.8. The van der Waals surface area contributed by atoms with Crippen LogP contribution in [0.1, 0.15) is 22.3 Å². The zero-order valence-electron chi connectivity index (χ0n) is 30.6. The van der Waals surface area contributed by atoms with Gasteiger partial charge in [0.05, 0.1) is 46.5 Å². The summed E-state index contributed by atoms with van der Waals surface area (Å²) < 4.78 is 0. The van der Waals surface area contributed by atoms with Crippen LogP contribution >= 0.6 is 0 Å². The third kappa shape index (κ3) is 4.03. The molecule has 0 N–H and O–H groups in total. The molecule has 0 atom stereocenters. The van der Waals surface area contributed by atoms with E-state index >= 15 is 0 Å². The standard InChI is InChI=1S/C54H24N4/c55-25-29-13-16-36(34(21-29)27-57)50-44-20-19-38-41(18-15-33-23-46-39-9-1-5-31-6-2-10-40(48(31)39)47(46)24-45(33)38)51(44)52(37-17-14-30(26-56)22-35(37)28-58)54-43-12-4-8-32-7-3-11-42(49(32)43)53(50)54/h1-24H. The number of hydrogen-bond donors (Lipinski definition) is 0. The van der Waals surface area contributed by atoms with E-state index in [0.717, 1.165) is 87.6 Å². The highest BCUT2D eigenvalue weighted by Crippen LogP contribution is 2.59. The Morgan fingerprint density at radius 1 is 0.276 bits per heavy atom. The number of rotatable bonds is 2. The second kappa shape index (κ2) is 11.5. The van der Waals surface area contributed by atoms with Crippen molar-refractivity contribution in [3.05, 3.63) is 168 Å². The van der Waals surface area contributed by atoms with E-state index in [2.05, 4.69) is 133 Å². The van der Waals surface area contributed by atoms with Gasteiger partial charge in [-0.2, -0.15) is 21.0 Å². The van der Waals surface area contributed by atoms with Crippen LogP contribution in [0, 0.1) is 45.3 Å². The number of fused-ring (bicyclic) bond motifs is 11. The van der Waals surface area contributed by atoms with E-state index < -0.39 is 0 Å². The van der Waals surface area contributed by atoms with Crippen LogP contribution in [0.25, 0.3) is 121 Å². The lowest BCUT2D eigenvalue weighted by Crippen LogP contribution is -1.98. The Kier molecular flexibility index (Phi) is 6.30. The van der Waals surface area contributed by atoms with Crippen LogP contribution in [0.15, 0.2) is 146 Å². The molecule has 260 valence electrons. The van der Waals surface area contributed by atoms with E-state index in [0.29, 0.717) is 22.3 Å². The molecule has 58 heavy (non-hydrogen) atoms. The van der Waals surface area contributed by atoms with Gasteiger partial charge >= 0.3 is 0 Å². The minimum atomic E-state index is 0.413. The Balaban J connectivity index is 1.31. The molecule has 4 heteroatoms. The summed E-state index contributed by atoms with van der Waals surface area (Å²) in [5.41, 5.74) is 13.9. The lowest BCUT2D eigenvalue weighted by molar-refractivity contribution is 1.44. The molecule has 0 amide bonds. The molecule has 12 rings (SSSR count). The van der Waals surface area contributed by atoms with Crippen molar-refractivity contribution >= 4 is 53.9 Å². The first-order chi connectivity index (χ1) is 28.6. The maximum atomic E-state index is 10.8. The fourth-order valence-corrected chi connectivity index (χ4v) is 10.1. The quantitative estimate of drug-likeness (QED) is 0.166. The molecular formula is C54H24N4. The van der Waals surface area contributed by atoms with E-state index in [1.165, 1.54) is 33.0 Å². The van der Waals surface area contributed by atoms with Crippen LogP contribution in [0.5, 0.6) is 0 Å². The lowest BCUT2D eigenvalue weighted by Gasteiger charge is -2.23. The van der Waals surface area contributed by atoms with Crippen LogP contribution in [0.3, 0.4) is 0 Å². The lowest BCUT2D eigenvalue weighted by atomic mass is 9.79. The fraction of sp³-hybridized carbons (Fsp3) is 0. The monoisotopic (exact) mass is 728 g/mol. The Morgan fingerprint density at radius 2 is 0.776 bits per heavy atom. The maximum Gasteiger partial charge on any atom is 0.0998 e. The summed E-state index contributed by atoms with van der Waals surface area (Å²) in [7, 11) is 0. The smallest absolute Gasteiger partial charge is 0.0998 e. The van der Waals surface area contributed by atoms with Crippen molar-refractivity contribution in [2.45, 2.75) is 0 Å². The first-order valence-electron chi connectivity index (χ1n) is 19.1. The van der Waals surface area contributed by atoms with E-state index in [-0.39, 0.29) is 0 Å². The van der Waals surface area contributed by atoms with Gasteiger partial charge in [0.15, 0.2) is 0 Å². The summed E-state index contributed by atoms with van der Waals surface area (Å²) in [6, 6.07) is 59.3. The van der Waals surface area contributed by atoms with Gasteiger partial charge in [-0.25, -0.2) is 0 Å². The van der Waals surface area contributed by atoms with E-state index in [4.69, 9.17) is 0 Å². The van der Waals surface area contributed by atoms with Crippen molar-refractivity contribution in [2.75, 3.05) is 0 Å². The SMILES string of the molecule is N#Cc1ccc(-c2c3c(c(-c4ccc(C#N)cc4C#N)c4c2ccc2c5cc6c(cc5ccc24)-c2cccc4cccc-6c24)-c2cccc4cccc-3c24)c(C#N)c1. The topological polar surface area (TPSA) is 95.2 Å². The Morgan fingerprint density at radius 3 is 1.36 bits per heavy atom. The van der Waals surface area contributed by atoms with Crippen molar-refractivity contribution < 1.29 is 0 Å². The van der Waals surface area contributed by atoms with Gasteiger partial charge in [-0.15, -0.1) is 0 Å². The second-order valence-electron chi connectivity index (χ2n) is 15.2. The van der Waals surface area contributed by atoms with Crippen LogP contribution in [0.4, 0.5) is 0 Å². The highest BCUT2D eigenvalue weighted by molar-refractivity contribution is 6.33. The molecular weight excluding hydrogens is 705 g/mol. The van der Waals surface area contributed by atoms with Crippen molar-refractivity contribution in [1.82, 2.24) is 0 Å². The first-order valence-corrected chi connectivity index (χ1v) is 19.1. The molecule has 0 spiro atoms. The third-order valence-corrected chi connectivity index (χ3v) is 12.4. The summed E-state index contributed by atoms with van der Waals surface area (Å²) in [5.74, 6) is 0. The molecule has 4 nitrogen and oxygen atoms in total. The molecule has 0 radical (unpaired) electrons. The van der Waals surface area contributed by atoms with Gasteiger partial charge in [-0.1, -0.05) is 109 Å². The van der Waals surface area contributed by atoms with Gasteiger partial charge in [0, 0.05) is 11.1 Å². The molecule has 0 aromatic heterocycles. The molecule has 0 aliphatic heterocycles. The van der Waals surface area contributed by atoms with Crippen molar-refractivity contribution in [1.29, 1.82) is 21.0 Å². The molecule has 0 saturated heterocycles. The summed E-state index contributed by atoms with van der Waals surface area (Å²) >= 11 is 0. The number of nitrogens with zero attached hydrogens (tertiary/aromatic N) is 4. The second-order valence-corrected chi connectivity index (χ2v) is 15.2. The van der Waals surface area contributed by atoms with Gasteiger partial charge in [0.25, 0.3) is 0 Å². The van der Waals surface area contributed by atoms with Gasteiger partial charge in [-0.05, 0) is 146 Å². The zero-order chi connectivity index (χ0) is 38.8. The van der Waals surface area contributed by atoms with Crippen LogP contribution in [-0.4, -0.2) is 0 Å². The molecule has 0 unspecified atom stereocenters. The van der Waals surface area contributed by atoms with E-state index in [9.17, 15) is 21.0 Å². The zero-order valence-corrected chi connectivity index (χ0v) is 30.6. The predicted octanol–water partition coefficient (Wildman–Crippen LogP) is 13.6. The number of nitriles is 4. The van der Waals surface area contributed by atoms with Crippen LogP contribution < -0.4 is 0 Å². The molecule has 10 aromatic carbocycles. The number of benzene rings is 10. The highest BCUT2D eigenvalue weighted by Gasteiger charge is 2.33. The van der Waals surface area contributed by atoms with Crippen LogP contribution in [0.2, 0.25) is 0 Å². The normalized spacial score (nSPS) is 11.7. The van der Waals surface area contributed by atoms with Gasteiger partial charge in [0.1, 0.15) is 0 Å². The minimum absolute atomic E-state index is 0.413. The Labute approximate surface area is 332 Å². The van der Waals surface area contributed by atoms with Gasteiger partial charge in [0.2, 0.25) is 0 Å². The van der Waals surface area contributed by atoms with E-state index in [1.54, 1.807) is 24.3 Å². The summed E-state index contributed by atoms with van der Waals surface area (Å²) in [6.07, 6.45) is 0. The molecule has 0 heterocycles. The molecule has 0 fully saturated rings. The molecule has 2 aliphatic carbocycles. The summed E-state index contributed by atoms with van der Waals surface area (Å²) in [6.45, 7) is 0. The maximum absolute atomic E-state index is 10.8. The van der Waals surface area contributed by atoms with Crippen molar-refractivity contribution in [3.8, 4) is 91.0 Å². The minimum Gasteiger partial charge on any atom is -0.192 e. The van der Waals surface area contributed by atoms with Crippen molar-refractivity contribution in [2.24, 2.45) is 0 Å². The fourth-order valence-electron chi connectivity index (χ4n) is 10.1.